The number of hydrogen-bond donors (Lipinski definition) is 1. The predicted octanol–water partition coefficient (Wildman–Crippen LogP) is 2.69. The van der Waals surface area contributed by atoms with Crippen molar-refractivity contribution in [2.75, 3.05) is 6.61 Å². The average molecular weight is 249 g/mol. The molecule has 100 valence electrons. The lowest BCUT2D eigenvalue weighted by Gasteiger charge is -2.42. The largest absolute Gasteiger partial charge is 0.487 e. The van der Waals surface area contributed by atoms with Crippen LogP contribution in [0.4, 0.5) is 0 Å². The van der Waals surface area contributed by atoms with Crippen LogP contribution in [0.3, 0.4) is 0 Å². The maximum Gasteiger partial charge on any atom is 0.128 e. The molecule has 1 aliphatic rings. The Labute approximate surface area is 109 Å². The molecule has 3 unspecified atom stereocenters. The Bertz CT molecular complexity index is 392. The Morgan fingerprint density at radius 3 is 2.67 bits per heavy atom. The second-order valence-electron chi connectivity index (χ2n) is 5.17. The van der Waals surface area contributed by atoms with E-state index in [1.165, 1.54) is 5.56 Å². The van der Waals surface area contributed by atoms with Gasteiger partial charge in [-0.25, -0.2) is 0 Å². The molecule has 0 aromatic heterocycles. The Balaban J connectivity index is 2.06. The van der Waals surface area contributed by atoms with Crippen molar-refractivity contribution in [3.8, 4) is 5.75 Å². The van der Waals surface area contributed by atoms with Gasteiger partial charge in [0.05, 0.1) is 0 Å². The highest BCUT2D eigenvalue weighted by Crippen LogP contribution is 2.32. The van der Waals surface area contributed by atoms with Gasteiger partial charge in [-0.15, -0.1) is 0 Å². The van der Waals surface area contributed by atoms with Crippen LogP contribution < -0.4 is 10.5 Å². The first-order valence-electron chi connectivity index (χ1n) is 6.76. The summed E-state index contributed by atoms with van der Waals surface area (Å²) in [4.78, 5) is 0. The summed E-state index contributed by atoms with van der Waals surface area (Å²) in [6, 6.07) is 8.32. The van der Waals surface area contributed by atoms with Crippen molar-refractivity contribution < 1.29 is 9.47 Å². The van der Waals surface area contributed by atoms with E-state index in [1.807, 2.05) is 19.1 Å². The molecule has 1 aliphatic carbocycles. The van der Waals surface area contributed by atoms with Crippen LogP contribution in [-0.2, 0) is 4.74 Å². The van der Waals surface area contributed by atoms with Crippen molar-refractivity contribution in [2.24, 2.45) is 5.73 Å². The van der Waals surface area contributed by atoms with Crippen LogP contribution in [0.1, 0.15) is 38.7 Å². The molecule has 2 rings (SSSR count). The molecule has 3 nitrogen and oxygen atoms in total. The average Bonchev–Trinajstić information content (AvgIpc) is 2.36. The summed E-state index contributed by atoms with van der Waals surface area (Å²) in [7, 11) is 0. The van der Waals surface area contributed by atoms with Crippen molar-refractivity contribution in [3.63, 3.8) is 0 Å². The van der Waals surface area contributed by atoms with Crippen molar-refractivity contribution in [3.05, 3.63) is 29.8 Å². The Morgan fingerprint density at radius 1 is 1.33 bits per heavy atom. The zero-order chi connectivity index (χ0) is 13.1. The number of nitrogens with two attached hydrogens (primary N) is 1. The fraction of sp³-hybridized carbons (Fsp3) is 0.600. The highest BCUT2D eigenvalue weighted by Gasteiger charge is 2.41. The van der Waals surface area contributed by atoms with Gasteiger partial charge in [-0.1, -0.05) is 32.0 Å². The predicted molar refractivity (Wildman–Crippen MR) is 73.0 cm³/mol. The van der Waals surface area contributed by atoms with Gasteiger partial charge in [0, 0.05) is 19.1 Å². The smallest absolute Gasteiger partial charge is 0.128 e. The SMILES string of the molecule is CCOC1C(N)CC1Oc1ccccc1C(C)C. The molecule has 1 aromatic rings. The summed E-state index contributed by atoms with van der Waals surface area (Å²) in [5.41, 5.74) is 7.19. The molecule has 18 heavy (non-hydrogen) atoms. The molecule has 3 atom stereocenters. The van der Waals surface area contributed by atoms with Gasteiger partial charge in [-0.3, -0.25) is 0 Å². The minimum atomic E-state index is 0.0372. The van der Waals surface area contributed by atoms with Gasteiger partial charge in [0.25, 0.3) is 0 Å². The van der Waals surface area contributed by atoms with Crippen LogP contribution in [0.5, 0.6) is 5.75 Å². The molecule has 0 radical (unpaired) electrons. The van der Waals surface area contributed by atoms with Crippen molar-refractivity contribution >= 4 is 0 Å². The summed E-state index contributed by atoms with van der Waals surface area (Å²) in [5.74, 6) is 1.43. The summed E-state index contributed by atoms with van der Waals surface area (Å²) >= 11 is 0. The monoisotopic (exact) mass is 249 g/mol. The minimum Gasteiger partial charge on any atom is -0.487 e. The third-order valence-corrected chi connectivity index (χ3v) is 3.47. The van der Waals surface area contributed by atoms with E-state index in [0.29, 0.717) is 12.5 Å². The molecule has 1 fully saturated rings. The lowest BCUT2D eigenvalue weighted by Crippen LogP contribution is -2.59. The van der Waals surface area contributed by atoms with Gasteiger partial charge in [-0.2, -0.15) is 0 Å². The van der Waals surface area contributed by atoms with Crippen molar-refractivity contribution in [2.45, 2.75) is 51.4 Å². The quantitative estimate of drug-likeness (QED) is 0.872. The molecule has 0 saturated heterocycles. The van der Waals surface area contributed by atoms with E-state index in [9.17, 15) is 0 Å². The summed E-state index contributed by atoms with van der Waals surface area (Å²) in [6.45, 7) is 7.03. The van der Waals surface area contributed by atoms with Crippen LogP contribution in [0.25, 0.3) is 0 Å². The fourth-order valence-electron chi connectivity index (χ4n) is 2.38. The van der Waals surface area contributed by atoms with Gasteiger partial charge in [0.15, 0.2) is 0 Å². The maximum atomic E-state index is 6.07. The second kappa shape index (κ2) is 5.72. The Hall–Kier alpha value is -1.06. The minimum absolute atomic E-state index is 0.0372. The first-order chi connectivity index (χ1) is 8.63. The Kier molecular flexibility index (Phi) is 4.25. The van der Waals surface area contributed by atoms with Crippen LogP contribution in [0.2, 0.25) is 0 Å². The molecule has 0 amide bonds. The van der Waals surface area contributed by atoms with E-state index in [0.717, 1.165) is 12.2 Å². The zero-order valence-corrected chi connectivity index (χ0v) is 11.4. The van der Waals surface area contributed by atoms with E-state index >= 15 is 0 Å². The first kappa shape index (κ1) is 13.4. The number of para-hydroxylation sites is 1. The molecule has 2 N–H and O–H groups in total. The molecule has 1 saturated carbocycles. The van der Waals surface area contributed by atoms with Crippen LogP contribution >= 0.6 is 0 Å². The topological polar surface area (TPSA) is 44.5 Å². The normalized spacial score (nSPS) is 27.1. The lowest BCUT2D eigenvalue weighted by molar-refractivity contribution is -0.0948. The standard InChI is InChI=1S/C15H23NO2/c1-4-17-15-12(16)9-14(15)18-13-8-6-5-7-11(13)10(2)3/h5-8,10,12,14-15H,4,9,16H2,1-3H3. The third-order valence-electron chi connectivity index (χ3n) is 3.47. The van der Waals surface area contributed by atoms with Crippen LogP contribution in [-0.4, -0.2) is 24.9 Å². The van der Waals surface area contributed by atoms with Crippen molar-refractivity contribution in [1.29, 1.82) is 0 Å². The first-order valence-corrected chi connectivity index (χ1v) is 6.76. The maximum absolute atomic E-state index is 6.07. The highest BCUT2D eigenvalue weighted by atomic mass is 16.5. The molecule has 1 aromatic carbocycles. The van der Waals surface area contributed by atoms with Crippen LogP contribution in [0.15, 0.2) is 24.3 Å². The van der Waals surface area contributed by atoms with Gasteiger partial charge < -0.3 is 15.2 Å². The van der Waals surface area contributed by atoms with Gasteiger partial charge in [-0.05, 0) is 24.5 Å². The van der Waals surface area contributed by atoms with Gasteiger partial charge >= 0.3 is 0 Å². The molecule has 0 bridgehead atoms. The van der Waals surface area contributed by atoms with E-state index in [1.54, 1.807) is 0 Å². The Morgan fingerprint density at radius 2 is 2.06 bits per heavy atom. The zero-order valence-electron chi connectivity index (χ0n) is 11.4. The van der Waals surface area contributed by atoms with Gasteiger partial charge in [0.2, 0.25) is 0 Å². The van der Waals surface area contributed by atoms with E-state index in [4.69, 9.17) is 15.2 Å². The molecular weight excluding hydrogens is 226 g/mol. The number of benzene rings is 1. The third kappa shape index (κ3) is 2.68. The summed E-state index contributed by atoms with van der Waals surface area (Å²) in [5, 5.41) is 0. The molecule has 0 heterocycles. The fourth-order valence-corrected chi connectivity index (χ4v) is 2.38. The summed E-state index contributed by atoms with van der Waals surface area (Å²) in [6.07, 6.45) is 1.01. The second-order valence-corrected chi connectivity index (χ2v) is 5.17. The lowest BCUT2D eigenvalue weighted by atomic mass is 9.86. The van der Waals surface area contributed by atoms with Gasteiger partial charge in [0.1, 0.15) is 18.0 Å². The molecule has 0 aliphatic heterocycles. The summed E-state index contributed by atoms with van der Waals surface area (Å²) < 4.78 is 11.7. The van der Waals surface area contributed by atoms with E-state index < -0.39 is 0 Å². The molecule has 3 heteroatoms. The van der Waals surface area contributed by atoms with Crippen LogP contribution in [0, 0.1) is 0 Å². The molecular formula is C15H23NO2. The number of ether oxygens (including phenoxy) is 2. The van der Waals surface area contributed by atoms with Crippen molar-refractivity contribution in [1.82, 2.24) is 0 Å². The van der Waals surface area contributed by atoms with E-state index in [-0.39, 0.29) is 18.2 Å². The van der Waals surface area contributed by atoms with E-state index in [2.05, 4.69) is 26.0 Å². The molecule has 0 spiro atoms. The number of rotatable bonds is 5. The number of hydrogen-bond acceptors (Lipinski definition) is 3. The highest BCUT2D eigenvalue weighted by molar-refractivity contribution is 5.36.